The molecule has 0 fully saturated rings. The number of amides is 1. The van der Waals surface area contributed by atoms with Gasteiger partial charge in [0.15, 0.2) is 0 Å². The fourth-order valence-corrected chi connectivity index (χ4v) is 3.12. The van der Waals surface area contributed by atoms with Crippen LogP contribution in [0.2, 0.25) is 0 Å². The Morgan fingerprint density at radius 2 is 1.93 bits per heavy atom. The molecule has 2 aromatic carbocycles. The van der Waals surface area contributed by atoms with E-state index in [1.54, 1.807) is 7.11 Å². The number of nitrogens with zero attached hydrogens (tertiary/aromatic N) is 2. The van der Waals surface area contributed by atoms with Crippen molar-refractivity contribution in [2.24, 2.45) is 0 Å². The van der Waals surface area contributed by atoms with Gasteiger partial charge in [0.05, 0.1) is 31.5 Å². The number of rotatable bonds is 6. The Balaban J connectivity index is 1.41. The fourth-order valence-electron chi connectivity index (χ4n) is 3.12. The van der Waals surface area contributed by atoms with Crippen LogP contribution in [0.5, 0.6) is 5.75 Å². The molecule has 0 radical (unpaired) electrons. The molecule has 0 saturated heterocycles. The quantitative estimate of drug-likeness (QED) is 0.543. The van der Waals surface area contributed by atoms with Crippen LogP contribution in [0.3, 0.4) is 0 Å². The summed E-state index contributed by atoms with van der Waals surface area (Å²) in [7, 11) is 1.64. The van der Waals surface area contributed by atoms with E-state index >= 15 is 0 Å². The second-order valence-corrected chi connectivity index (χ2v) is 6.44. The zero-order valence-electron chi connectivity index (χ0n) is 15.5. The SMILES string of the molecule is COc1ccc(-c2cc(CNC(=O)Cc3c[nH]c4ccccc34)ncn2)cc1. The van der Waals surface area contributed by atoms with Gasteiger partial charge in [0.1, 0.15) is 12.1 Å². The predicted molar refractivity (Wildman–Crippen MR) is 108 cm³/mol. The van der Waals surface area contributed by atoms with E-state index in [4.69, 9.17) is 4.74 Å². The minimum Gasteiger partial charge on any atom is -0.497 e. The number of nitrogens with one attached hydrogen (secondary N) is 2. The number of hydrogen-bond donors (Lipinski definition) is 2. The first kappa shape index (κ1) is 17.7. The van der Waals surface area contributed by atoms with Crippen molar-refractivity contribution >= 4 is 16.8 Å². The topological polar surface area (TPSA) is 79.9 Å². The normalized spacial score (nSPS) is 10.8. The lowest BCUT2D eigenvalue weighted by Gasteiger charge is -2.07. The molecule has 140 valence electrons. The summed E-state index contributed by atoms with van der Waals surface area (Å²) in [5.74, 6) is 0.747. The van der Waals surface area contributed by atoms with Gasteiger partial charge in [0.2, 0.25) is 5.91 Å². The monoisotopic (exact) mass is 372 g/mol. The molecule has 4 aromatic rings. The maximum atomic E-state index is 12.4. The van der Waals surface area contributed by atoms with Crippen LogP contribution in [0.1, 0.15) is 11.3 Å². The third kappa shape index (κ3) is 3.86. The van der Waals surface area contributed by atoms with Crippen molar-refractivity contribution in [1.29, 1.82) is 0 Å². The van der Waals surface area contributed by atoms with Crippen molar-refractivity contribution in [2.45, 2.75) is 13.0 Å². The largest absolute Gasteiger partial charge is 0.497 e. The van der Waals surface area contributed by atoms with Crippen molar-refractivity contribution < 1.29 is 9.53 Å². The molecule has 0 unspecified atom stereocenters. The molecule has 0 aliphatic heterocycles. The molecule has 28 heavy (non-hydrogen) atoms. The van der Waals surface area contributed by atoms with Crippen LogP contribution in [0.4, 0.5) is 0 Å². The van der Waals surface area contributed by atoms with E-state index in [9.17, 15) is 4.79 Å². The van der Waals surface area contributed by atoms with Gasteiger partial charge in [-0.05, 0) is 42.0 Å². The lowest BCUT2D eigenvalue weighted by molar-refractivity contribution is -0.120. The average molecular weight is 372 g/mol. The lowest BCUT2D eigenvalue weighted by Crippen LogP contribution is -2.25. The third-order valence-corrected chi connectivity index (χ3v) is 4.60. The highest BCUT2D eigenvalue weighted by Gasteiger charge is 2.09. The highest BCUT2D eigenvalue weighted by molar-refractivity contribution is 5.88. The molecule has 0 aliphatic rings. The summed E-state index contributed by atoms with van der Waals surface area (Å²) in [6.45, 7) is 0.354. The number of fused-ring (bicyclic) bond motifs is 1. The van der Waals surface area contributed by atoms with Crippen LogP contribution in [-0.2, 0) is 17.8 Å². The van der Waals surface area contributed by atoms with E-state index in [0.717, 1.165) is 39.2 Å². The number of ether oxygens (including phenoxy) is 1. The average Bonchev–Trinajstić information content (AvgIpc) is 3.15. The van der Waals surface area contributed by atoms with Crippen LogP contribution < -0.4 is 10.1 Å². The molecule has 2 aromatic heterocycles. The first-order valence-electron chi connectivity index (χ1n) is 9.00. The summed E-state index contributed by atoms with van der Waals surface area (Å²) in [6.07, 6.45) is 3.72. The molecule has 2 heterocycles. The number of para-hydroxylation sites is 1. The minimum atomic E-state index is -0.0469. The van der Waals surface area contributed by atoms with Crippen molar-refractivity contribution in [1.82, 2.24) is 20.3 Å². The molecule has 4 rings (SSSR count). The van der Waals surface area contributed by atoms with Gasteiger partial charge in [-0.15, -0.1) is 0 Å². The van der Waals surface area contributed by atoms with E-state index in [2.05, 4.69) is 20.3 Å². The molecule has 1 amide bonds. The van der Waals surface area contributed by atoms with Crippen LogP contribution in [-0.4, -0.2) is 28.0 Å². The molecular weight excluding hydrogens is 352 g/mol. The first-order valence-corrected chi connectivity index (χ1v) is 9.00. The molecule has 6 nitrogen and oxygen atoms in total. The number of carbonyl (C=O) groups is 1. The van der Waals surface area contributed by atoms with Gasteiger partial charge in [0.25, 0.3) is 0 Å². The Hall–Kier alpha value is -3.67. The molecule has 0 spiro atoms. The van der Waals surface area contributed by atoms with Crippen molar-refractivity contribution in [2.75, 3.05) is 7.11 Å². The zero-order chi connectivity index (χ0) is 19.3. The Bertz CT molecular complexity index is 1100. The van der Waals surface area contributed by atoms with E-state index in [0.29, 0.717) is 13.0 Å². The van der Waals surface area contributed by atoms with E-state index in [1.807, 2.05) is 60.8 Å². The molecule has 0 atom stereocenters. The smallest absolute Gasteiger partial charge is 0.224 e. The maximum absolute atomic E-state index is 12.4. The fraction of sp³-hybridized carbons (Fsp3) is 0.136. The molecule has 2 N–H and O–H groups in total. The first-order chi connectivity index (χ1) is 13.7. The molecular formula is C22H20N4O2. The zero-order valence-corrected chi connectivity index (χ0v) is 15.5. The van der Waals surface area contributed by atoms with Crippen LogP contribution in [0.25, 0.3) is 22.2 Å². The Morgan fingerprint density at radius 3 is 2.75 bits per heavy atom. The van der Waals surface area contributed by atoms with E-state index in [-0.39, 0.29) is 5.91 Å². The van der Waals surface area contributed by atoms with Gasteiger partial charge >= 0.3 is 0 Å². The summed E-state index contributed by atoms with van der Waals surface area (Å²) in [4.78, 5) is 24.1. The Kier molecular flexibility index (Phi) is 5.01. The van der Waals surface area contributed by atoms with Crippen LogP contribution >= 0.6 is 0 Å². The van der Waals surface area contributed by atoms with Crippen molar-refractivity contribution in [3.63, 3.8) is 0 Å². The van der Waals surface area contributed by atoms with Gasteiger partial charge < -0.3 is 15.0 Å². The number of methoxy groups -OCH3 is 1. The summed E-state index contributed by atoms with van der Waals surface area (Å²) in [6, 6.07) is 17.5. The molecule has 0 saturated carbocycles. The predicted octanol–water partition coefficient (Wildman–Crippen LogP) is 3.49. The highest BCUT2D eigenvalue weighted by Crippen LogP contribution is 2.21. The lowest BCUT2D eigenvalue weighted by atomic mass is 10.1. The van der Waals surface area contributed by atoms with Gasteiger partial charge in [0, 0.05) is 22.7 Å². The summed E-state index contributed by atoms with van der Waals surface area (Å²) >= 11 is 0. The molecule has 0 aliphatic carbocycles. The van der Waals surface area contributed by atoms with Crippen molar-refractivity contribution in [3.05, 3.63) is 78.4 Å². The number of aromatic amines is 1. The van der Waals surface area contributed by atoms with Gasteiger partial charge in [-0.2, -0.15) is 0 Å². The maximum Gasteiger partial charge on any atom is 0.224 e. The highest BCUT2D eigenvalue weighted by atomic mass is 16.5. The Morgan fingerprint density at radius 1 is 1.11 bits per heavy atom. The molecule has 0 bridgehead atoms. The number of aromatic nitrogens is 3. The number of benzene rings is 2. The standard InChI is InChI=1S/C22H20N4O2/c1-28-18-8-6-15(7-9-18)21-11-17(25-14-26-21)13-24-22(27)10-16-12-23-20-5-3-2-4-19(16)20/h2-9,11-12,14,23H,10,13H2,1H3,(H,24,27). The van der Waals surface area contributed by atoms with Crippen molar-refractivity contribution in [3.8, 4) is 17.0 Å². The number of hydrogen-bond acceptors (Lipinski definition) is 4. The molecule has 6 heteroatoms. The van der Waals surface area contributed by atoms with Crippen LogP contribution in [0, 0.1) is 0 Å². The summed E-state index contributed by atoms with van der Waals surface area (Å²) in [5.41, 5.74) is 4.54. The number of carbonyl (C=O) groups excluding carboxylic acids is 1. The second-order valence-electron chi connectivity index (χ2n) is 6.44. The third-order valence-electron chi connectivity index (χ3n) is 4.60. The van der Waals surface area contributed by atoms with E-state index in [1.165, 1.54) is 6.33 Å². The van der Waals surface area contributed by atoms with E-state index < -0.39 is 0 Å². The second kappa shape index (κ2) is 7.92. The van der Waals surface area contributed by atoms with Gasteiger partial charge in [-0.3, -0.25) is 4.79 Å². The van der Waals surface area contributed by atoms with Crippen LogP contribution in [0.15, 0.2) is 67.1 Å². The summed E-state index contributed by atoms with van der Waals surface area (Å²) in [5, 5.41) is 4.01. The Labute approximate surface area is 162 Å². The minimum absolute atomic E-state index is 0.0469. The van der Waals surface area contributed by atoms with Gasteiger partial charge in [-0.25, -0.2) is 9.97 Å². The van der Waals surface area contributed by atoms with Gasteiger partial charge in [-0.1, -0.05) is 18.2 Å². The number of H-pyrrole nitrogens is 1. The summed E-state index contributed by atoms with van der Waals surface area (Å²) < 4.78 is 5.18.